The minimum Gasteiger partial charge on any atom is -0.466 e. The third-order valence-electron chi connectivity index (χ3n) is 2.35. The molecule has 3 nitrogen and oxygen atoms in total. The Kier molecular flexibility index (Phi) is 6.02. The number of ketones is 1. The normalized spacial score (nSPS) is 12.0. The molecule has 18 heavy (non-hydrogen) atoms. The second-order valence-corrected chi connectivity index (χ2v) is 5.96. The highest BCUT2D eigenvalue weighted by atomic mass is 79.9. The van der Waals surface area contributed by atoms with Crippen LogP contribution in [0.2, 0.25) is 0 Å². The van der Waals surface area contributed by atoms with Crippen LogP contribution in [0.4, 0.5) is 0 Å². The van der Waals surface area contributed by atoms with Crippen LogP contribution >= 0.6 is 31.9 Å². The second-order valence-electron chi connectivity index (χ2n) is 3.74. The number of esters is 1. The molecule has 1 aromatic rings. The first-order chi connectivity index (χ1) is 8.47. The van der Waals surface area contributed by atoms with Crippen molar-refractivity contribution in [3.05, 3.63) is 33.8 Å². The van der Waals surface area contributed by atoms with E-state index in [0.717, 1.165) is 0 Å². The van der Waals surface area contributed by atoms with Crippen LogP contribution in [0, 0.1) is 0 Å². The van der Waals surface area contributed by atoms with Crippen molar-refractivity contribution in [2.24, 2.45) is 0 Å². The Bertz CT molecular complexity index is 456. The summed E-state index contributed by atoms with van der Waals surface area (Å²) in [6.45, 7) is 3.85. The van der Waals surface area contributed by atoms with E-state index in [1.54, 1.807) is 32.0 Å². The van der Waals surface area contributed by atoms with Gasteiger partial charge in [-0.25, -0.2) is 0 Å². The molecular formula is C13H14Br2O3. The smallest absolute Gasteiger partial charge is 0.310 e. The van der Waals surface area contributed by atoms with E-state index in [2.05, 4.69) is 31.9 Å². The molecule has 1 atom stereocenters. The van der Waals surface area contributed by atoms with Crippen molar-refractivity contribution in [3.8, 4) is 0 Å². The lowest BCUT2D eigenvalue weighted by atomic mass is 10.00. The molecular weight excluding hydrogens is 364 g/mol. The van der Waals surface area contributed by atoms with Crippen molar-refractivity contribution < 1.29 is 14.3 Å². The zero-order chi connectivity index (χ0) is 13.7. The van der Waals surface area contributed by atoms with E-state index < -0.39 is 0 Å². The summed E-state index contributed by atoms with van der Waals surface area (Å²) < 4.78 is 5.60. The Morgan fingerprint density at radius 2 is 2.06 bits per heavy atom. The summed E-state index contributed by atoms with van der Waals surface area (Å²) in [7, 11) is 0. The highest BCUT2D eigenvalue weighted by Crippen LogP contribution is 2.24. The number of alkyl halides is 1. The molecule has 0 saturated heterocycles. The molecule has 1 aromatic carbocycles. The van der Waals surface area contributed by atoms with Crippen molar-refractivity contribution in [3.63, 3.8) is 0 Å². The van der Waals surface area contributed by atoms with Gasteiger partial charge in [0.1, 0.15) is 0 Å². The van der Waals surface area contributed by atoms with Gasteiger partial charge in [-0.15, -0.1) is 0 Å². The average Bonchev–Trinajstić information content (AvgIpc) is 2.28. The topological polar surface area (TPSA) is 43.4 Å². The molecule has 98 valence electrons. The average molecular weight is 378 g/mol. The molecule has 0 aliphatic carbocycles. The lowest BCUT2D eigenvalue weighted by molar-refractivity contribution is -0.142. The highest BCUT2D eigenvalue weighted by molar-refractivity contribution is 9.10. The summed E-state index contributed by atoms with van der Waals surface area (Å²) in [5.41, 5.74) is 1.22. The van der Waals surface area contributed by atoms with Gasteiger partial charge in [0.25, 0.3) is 0 Å². The lowest BCUT2D eigenvalue weighted by Crippen LogP contribution is -2.16. The maximum absolute atomic E-state index is 12.1. The minimum absolute atomic E-state index is 0.0539. The molecule has 0 aromatic heterocycles. The van der Waals surface area contributed by atoms with Crippen molar-refractivity contribution in [1.29, 1.82) is 0 Å². The van der Waals surface area contributed by atoms with Crippen LogP contribution in [0.1, 0.15) is 29.8 Å². The molecule has 0 N–H and O–H groups in total. The lowest BCUT2D eigenvalue weighted by Gasteiger charge is -2.11. The van der Waals surface area contributed by atoms with Crippen LogP contribution in [0.3, 0.4) is 0 Å². The number of rotatable bonds is 5. The number of benzene rings is 1. The van der Waals surface area contributed by atoms with E-state index in [9.17, 15) is 9.59 Å². The van der Waals surface area contributed by atoms with Crippen LogP contribution in [-0.4, -0.2) is 23.2 Å². The predicted molar refractivity (Wildman–Crippen MR) is 77.2 cm³/mol. The first kappa shape index (κ1) is 15.4. The van der Waals surface area contributed by atoms with Gasteiger partial charge in [-0.05, 0) is 25.5 Å². The van der Waals surface area contributed by atoms with Crippen molar-refractivity contribution in [2.45, 2.75) is 25.1 Å². The van der Waals surface area contributed by atoms with E-state index in [4.69, 9.17) is 4.74 Å². The quantitative estimate of drug-likeness (QED) is 0.448. The Morgan fingerprint density at radius 1 is 1.39 bits per heavy atom. The molecule has 0 amide bonds. The summed E-state index contributed by atoms with van der Waals surface area (Å²) in [6, 6.07) is 5.36. The van der Waals surface area contributed by atoms with E-state index in [1.807, 2.05) is 0 Å². The van der Waals surface area contributed by atoms with Gasteiger partial charge < -0.3 is 4.74 Å². The number of carbonyl (C=O) groups is 2. The van der Waals surface area contributed by atoms with Crippen LogP contribution in [0.5, 0.6) is 0 Å². The molecule has 0 saturated carbocycles. The molecule has 0 aliphatic heterocycles. The summed E-state index contributed by atoms with van der Waals surface area (Å²) >= 11 is 6.61. The van der Waals surface area contributed by atoms with E-state index >= 15 is 0 Å². The van der Waals surface area contributed by atoms with Gasteiger partial charge in [-0.3, -0.25) is 9.59 Å². The van der Waals surface area contributed by atoms with Gasteiger partial charge >= 0.3 is 5.97 Å². The minimum atomic E-state index is -0.327. The van der Waals surface area contributed by atoms with Gasteiger partial charge in [-0.2, -0.15) is 0 Å². The standard InChI is InChI=1S/C13H14Br2O3/c1-3-18-11(16)7-9-5-4-6-10(15)12(9)13(17)8(2)14/h4-6,8H,3,7H2,1-2H3. The predicted octanol–water partition coefficient (Wildman–Crippen LogP) is 3.52. The van der Waals surface area contributed by atoms with E-state index in [1.165, 1.54) is 0 Å². The first-order valence-electron chi connectivity index (χ1n) is 5.58. The third-order valence-corrected chi connectivity index (χ3v) is 3.42. The van der Waals surface area contributed by atoms with Crippen LogP contribution in [-0.2, 0) is 16.0 Å². The van der Waals surface area contributed by atoms with E-state index in [-0.39, 0.29) is 23.0 Å². The fourth-order valence-electron chi connectivity index (χ4n) is 1.56. The maximum Gasteiger partial charge on any atom is 0.310 e. The molecule has 0 bridgehead atoms. The van der Waals surface area contributed by atoms with Gasteiger partial charge in [-0.1, -0.05) is 44.0 Å². The van der Waals surface area contributed by atoms with Crippen molar-refractivity contribution >= 4 is 43.6 Å². The Morgan fingerprint density at radius 3 is 2.61 bits per heavy atom. The second kappa shape index (κ2) is 7.04. The van der Waals surface area contributed by atoms with Crippen LogP contribution < -0.4 is 0 Å². The molecule has 5 heteroatoms. The van der Waals surface area contributed by atoms with Gasteiger partial charge in [0.15, 0.2) is 5.78 Å². The van der Waals surface area contributed by atoms with Crippen molar-refractivity contribution in [1.82, 2.24) is 0 Å². The van der Waals surface area contributed by atoms with Gasteiger partial charge in [0.05, 0.1) is 17.9 Å². The maximum atomic E-state index is 12.1. The molecule has 0 heterocycles. The fraction of sp³-hybridized carbons (Fsp3) is 0.385. The molecule has 1 unspecified atom stereocenters. The molecule has 0 aliphatic rings. The zero-order valence-corrected chi connectivity index (χ0v) is 13.4. The Labute approximate surface area is 123 Å². The number of hydrogen-bond donors (Lipinski definition) is 0. The zero-order valence-electron chi connectivity index (χ0n) is 10.2. The fourth-order valence-corrected chi connectivity index (χ4v) is 2.39. The van der Waals surface area contributed by atoms with Gasteiger partial charge in [0, 0.05) is 10.0 Å². The Balaban J connectivity index is 3.08. The third kappa shape index (κ3) is 3.92. The van der Waals surface area contributed by atoms with Crippen molar-refractivity contribution in [2.75, 3.05) is 6.61 Å². The van der Waals surface area contributed by atoms with Crippen LogP contribution in [0.15, 0.2) is 22.7 Å². The summed E-state index contributed by atoms with van der Waals surface area (Å²) in [5.74, 6) is -0.381. The molecule has 0 fully saturated rings. The number of ether oxygens (including phenoxy) is 1. The molecule has 0 spiro atoms. The van der Waals surface area contributed by atoms with Gasteiger partial charge in [0.2, 0.25) is 0 Å². The largest absolute Gasteiger partial charge is 0.466 e. The number of carbonyl (C=O) groups excluding carboxylic acids is 2. The van der Waals surface area contributed by atoms with E-state index in [0.29, 0.717) is 22.2 Å². The number of halogens is 2. The van der Waals surface area contributed by atoms with Crippen LogP contribution in [0.25, 0.3) is 0 Å². The summed E-state index contributed by atoms with van der Waals surface area (Å²) in [4.78, 5) is 23.3. The summed E-state index contributed by atoms with van der Waals surface area (Å²) in [5, 5.41) is 0. The Hall–Kier alpha value is -0.680. The SMILES string of the molecule is CCOC(=O)Cc1cccc(Br)c1C(=O)C(C)Br. The highest BCUT2D eigenvalue weighted by Gasteiger charge is 2.20. The summed E-state index contributed by atoms with van der Waals surface area (Å²) in [6.07, 6.45) is 0.105. The number of hydrogen-bond acceptors (Lipinski definition) is 3. The number of Topliss-reactive ketones (excluding diaryl/α,β-unsaturated/α-hetero) is 1. The monoisotopic (exact) mass is 376 g/mol. The first-order valence-corrected chi connectivity index (χ1v) is 7.29. The molecule has 1 rings (SSSR count). The molecule has 0 radical (unpaired) electrons.